The van der Waals surface area contributed by atoms with Gasteiger partial charge in [0, 0.05) is 18.5 Å². The summed E-state index contributed by atoms with van der Waals surface area (Å²) >= 11 is 0. The predicted octanol–water partition coefficient (Wildman–Crippen LogP) is 2.32. The van der Waals surface area contributed by atoms with Gasteiger partial charge in [-0.25, -0.2) is 0 Å². The SMILES string of the molecule is O=C(NCc1ccccc1)C1CCN(C2CCCCC2O)CC1. The molecule has 2 aliphatic rings. The van der Waals surface area contributed by atoms with Crippen LogP contribution in [0, 0.1) is 5.92 Å². The van der Waals surface area contributed by atoms with Crippen molar-refractivity contribution < 1.29 is 9.90 Å². The van der Waals surface area contributed by atoms with E-state index in [0.717, 1.165) is 50.8 Å². The first-order valence-corrected chi connectivity index (χ1v) is 8.98. The van der Waals surface area contributed by atoms with Crippen LogP contribution in [0.15, 0.2) is 30.3 Å². The monoisotopic (exact) mass is 316 g/mol. The predicted molar refractivity (Wildman–Crippen MR) is 90.8 cm³/mol. The summed E-state index contributed by atoms with van der Waals surface area (Å²) in [5.41, 5.74) is 1.14. The lowest BCUT2D eigenvalue weighted by Crippen LogP contribution is -2.50. The molecule has 1 aliphatic carbocycles. The molecule has 4 nitrogen and oxygen atoms in total. The Bertz CT molecular complexity index is 497. The van der Waals surface area contributed by atoms with E-state index in [2.05, 4.69) is 10.2 Å². The van der Waals surface area contributed by atoms with Crippen LogP contribution < -0.4 is 5.32 Å². The van der Waals surface area contributed by atoms with Crippen LogP contribution in [0.3, 0.4) is 0 Å². The molecule has 2 N–H and O–H groups in total. The van der Waals surface area contributed by atoms with Crippen molar-refractivity contribution in [3.8, 4) is 0 Å². The van der Waals surface area contributed by atoms with Crippen LogP contribution >= 0.6 is 0 Å². The third-order valence-corrected chi connectivity index (χ3v) is 5.37. The number of benzene rings is 1. The van der Waals surface area contributed by atoms with E-state index in [1.54, 1.807) is 0 Å². The molecule has 0 aromatic heterocycles. The van der Waals surface area contributed by atoms with Gasteiger partial charge in [-0.05, 0) is 44.3 Å². The average molecular weight is 316 g/mol. The molecule has 1 amide bonds. The number of amides is 1. The minimum atomic E-state index is -0.174. The van der Waals surface area contributed by atoms with Crippen LogP contribution in [0.5, 0.6) is 0 Å². The van der Waals surface area contributed by atoms with Gasteiger partial charge in [-0.2, -0.15) is 0 Å². The highest BCUT2D eigenvalue weighted by molar-refractivity contribution is 5.78. The molecule has 0 spiro atoms. The number of piperidine rings is 1. The smallest absolute Gasteiger partial charge is 0.223 e. The zero-order valence-corrected chi connectivity index (χ0v) is 13.8. The molecule has 2 fully saturated rings. The second-order valence-corrected chi connectivity index (χ2v) is 6.93. The lowest BCUT2D eigenvalue weighted by molar-refractivity contribution is -0.127. The van der Waals surface area contributed by atoms with Crippen molar-refractivity contribution in [2.75, 3.05) is 13.1 Å². The molecule has 23 heavy (non-hydrogen) atoms. The second kappa shape index (κ2) is 7.93. The van der Waals surface area contributed by atoms with Crippen LogP contribution in [0.25, 0.3) is 0 Å². The minimum Gasteiger partial charge on any atom is -0.391 e. The van der Waals surface area contributed by atoms with Gasteiger partial charge >= 0.3 is 0 Å². The summed E-state index contributed by atoms with van der Waals surface area (Å²) in [4.78, 5) is 14.7. The quantitative estimate of drug-likeness (QED) is 0.896. The summed E-state index contributed by atoms with van der Waals surface area (Å²) in [6.45, 7) is 2.48. The van der Waals surface area contributed by atoms with Crippen molar-refractivity contribution in [3.63, 3.8) is 0 Å². The number of hydrogen-bond donors (Lipinski definition) is 2. The molecule has 1 aliphatic heterocycles. The van der Waals surface area contributed by atoms with Crippen molar-refractivity contribution in [2.24, 2.45) is 5.92 Å². The van der Waals surface area contributed by atoms with Crippen LogP contribution in [-0.4, -0.2) is 41.1 Å². The Morgan fingerprint density at radius 2 is 1.78 bits per heavy atom. The first-order chi connectivity index (χ1) is 11.2. The van der Waals surface area contributed by atoms with E-state index in [4.69, 9.17) is 0 Å². The third-order valence-electron chi connectivity index (χ3n) is 5.37. The van der Waals surface area contributed by atoms with Crippen molar-refractivity contribution >= 4 is 5.91 Å². The number of nitrogens with one attached hydrogen (secondary N) is 1. The maximum atomic E-state index is 12.3. The van der Waals surface area contributed by atoms with Crippen molar-refractivity contribution in [1.29, 1.82) is 0 Å². The van der Waals surface area contributed by atoms with Crippen molar-refractivity contribution in [1.82, 2.24) is 10.2 Å². The van der Waals surface area contributed by atoms with Gasteiger partial charge in [0.05, 0.1) is 6.10 Å². The van der Waals surface area contributed by atoms with E-state index in [1.807, 2.05) is 30.3 Å². The normalized spacial score (nSPS) is 26.8. The Hall–Kier alpha value is -1.39. The number of carbonyl (C=O) groups excluding carboxylic acids is 1. The highest BCUT2D eigenvalue weighted by Gasteiger charge is 2.33. The molecule has 2 atom stereocenters. The van der Waals surface area contributed by atoms with Crippen LogP contribution in [-0.2, 0) is 11.3 Å². The van der Waals surface area contributed by atoms with Gasteiger partial charge < -0.3 is 10.4 Å². The molecular formula is C19H28N2O2. The van der Waals surface area contributed by atoms with E-state index in [-0.39, 0.29) is 17.9 Å². The fourth-order valence-corrected chi connectivity index (χ4v) is 3.94. The van der Waals surface area contributed by atoms with Crippen LogP contribution in [0.4, 0.5) is 0 Å². The van der Waals surface area contributed by atoms with Crippen LogP contribution in [0.2, 0.25) is 0 Å². The number of carbonyl (C=O) groups is 1. The molecule has 1 saturated heterocycles. The Labute approximate surface area is 138 Å². The standard InChI is InChI=1S/C19H28N2O2/c22-18-9-5-4-8-17(18)21-12-10-16(11-13-21)19(23)20-14-15-6-2-1-3-7-15/h1-3,6-7,16-18,22H,4-5,8-14H2,(H,20,23). The average Bonchev–Trinajstić information content (AvgIpc) is 2.61. The van der Waals surface area contributed by atoms with Gasteiger partial charge in [-0.1, -0.05) is 43.2 Å². The topological polar surface area (TPSA) is 52.6 Å². The summed E-state index contributed by atoms with van der Waals surface area (Å²) in [7, 11) is 0. The van der Waals surface area contributed by atoms with E-state index in [9.17, 15) is 9.90 Å². The third kappa shape index (κ3) is 4.33. The number of hydrogen-bond acceptors (Lipinski definition) is 3. The lowest BCUT2D eigenvalue weighted by atomic mass is 9.88. The van der Waals surface area contributed by atoms with Gasteiger partial charge in [-0.15, -0.1) is 0 Å². The first kappa shape index (κ1) is 16.5. The second-order valence-electron chi connectivity index (χ2n) is 6.93. The number of likely N-dealkylation sites (tertiary alicyclic amines) is 1. The molecule has 2 unspecified atom stereocenters. The van der Waals surface area contributed by atoms with E-state index in [1.165, 1.54) is 6.42 Å². The lowest BCUT2D eigenvalue weighted by Gasteiger charge is -2.41. The molecular weight excluding hydrogens is 288 g/mol. The Balaban J connectivity index is 1.44. The minimum absolute atomic E-state index is 0.121. The molecule has 0 bridgehead atoms. The number of aliphatic hydroxyl groups excluding tert-OH is 1. The number of rotatable bonds is 4. The maximum Gasteiger partial charge on any atom is 0.223 e. The van der Waals surface area contributed by atoms with E-state index >= 15 is 0 Å². The Morgan fingerprint density at radius 1 is 1.09 bits per heavy atom. The maximum absolute atomic E-state index is 12.3. The first-order valence-electron chi connectivity index (χ1n) is 8.98. The Morgan fingerprint density at radius 3 is 2.48 bits per heavy atom. The number of nitrogens with zero attached hydrogens (tertiary/aromatic N) is 1. The van der Waals surface area contributed by atoms with Crippen molar-refractivity contribution in [2.45, 2.75) is 57.2 Å². The fourth-order valence-electron chi connectivity index (χ4n) is 3.94. The Kier molecular flexibility index (Phi) is 5.68. The summed E-state index contributed by atoms with van der Waals surface area (Å²) < 4.78 is 0. The van der Waals surface area contributed by atoms with Gasteiger partial charge in [0.25, 0.3) is 0 Å². The van der Waals surface area contributed by atoms with Crippen molar-refractivity contribution in [3.05, 3.63) is 35.9 Å². The van der Waals surface area contributed by atoms with Crippen LogP contribution in [0.1, 0.15) is 44.1 Å². The van der Waals surface area contributed by atoms with Gasteiger partial charge in [0.2, 0.25) is 5.91 Å². The fraction of sp³-hybridized carbons (Fsp3) is 0.632. The molecule has 1 saturated carbocycles. The molecule has 1 aromatic carbocycles. The largest absolute Gasteiger partial charge is 0.391 e. The highest BCUT2D eigenvalue weighted by atomic mass is 16.3. The summed E-state index contributed by atoms with van der Waals surface area (Å²) in [6, 6.07) is 10.4. The summed E-state index contributed by atoms with van der Waals surface area (Å²) in [5, 5.41) is 13.3. The van der Waals surface area contributed by atoms with Gasteiger partial charge in [0.15, 0.2) is 0 Å². The molecule has 3 rings (SSSR count). The number of aliphatic hydroxyl groups is 1. The zero-order chi connectivity index (χ0) is 16.1. The van der Waals surface area contributed by atoms with E-state index < -0.39 is 0 Å². The molecule has 1 heterocycles. The zero-order valence-electron chi connectivity index (χ0n) is 13.8. The molecule has 4 heteroatoms. The summed E-state index contributed by atoms with van der Waals surface area (Å²) in [6.07, 6.45) is 6.05. The van der Waals surface area contributed by atoms with E-state index in [0.29, 0.717) is 12.6 Å². The molecule has 126 valence electrons. The summed E-state index contributed by atoms with van der Waals surface area (Å²) in [5.74, 6) is 0.299. The van der Waals surface area contributed by atoms with Gasteiger partial charge in [0.1, 0.15) is 0 Å². The van der Waals surface area contributed by atoms with Gasteiger partial charge in [-0.3, -0.25) is 9.69 Å². The highest BCUT2D eigenvalue weighted by Crippen LogP contribution is 2.27. The molecule has 1 aromatic rings. The molecule has 0 radical (unpaired) electrons.